The quantitative estimate of drug-likeness (QED) is 0.370. The van der Waals surface area contributed by atoms with Crippen molar-refractivity contribution in [1.82, 2.24) is 15.1 Å². The molecule has 0 radical (unpaired) electrons. The highest BCUT2D eigenvalue weighted by atomic mass is 16.6. The fourth-order valence-corrected chi connectivity index (χ4v) is 4.75. The molecule has 0 unspecified atom stereocenters. The number of carbonyl (C=O) groups is 4. The zero-order chi connectivity index (χ0) is 32.1. The third-order valence-corrected chi connectivity index (χ3v) is 7.15. The van der Waals surface area contributed by atoms with Crippen molar-refractivity contribution >= 4 is 23.9 Å². The van der Waals surface area contributed by atoms with E-state index in [4.69, 9.17) is 4.74 Å². The van der Waals surface area contributed by atoms with E-state index in [0.29, 0.717) is 0 Å². The van der Waals surface area contributed by atoms with Gasteiger partial charge in [-0.1, -0.05) is 84.9 Å². The summed E-state index contributed by atoms with van der Waals surface area (Å²) in [6.07, 6.45) is 0.899. The Kier molecular flexibility index (Phi) is 11.8. The Balaban J connectivity index is 3.59. The molecular formula is C32H51N3O6. The number of amides is 3. The van der Waals surface area contributed by atoms with Crippen molar-refractivity contribution in [1.29, 1.82) is 0 Å². The first-order valence-corrected chi connectivity index (χ1v) is 14.0. The Hall–Kier alpha value is -3.36. The van der Waals surface area contributed by atoms with Crippen LogP contribution in [0.1, 0.15) is 81.7 Å². The second-order valence-corrected chi connectivity index (χ2v) is 13.7. The molecule has 3 atom stereocenters. The molecular weight excluding hydrogens is 522 g/mol. The van der Waals surface area contributed by atoms with Gasteiger partial charge in [0.05, 0.1) is 6.04 Å². The van der Waals surface area contributed by atoms with Crippen LogP contribution in [0.15, 0.2) is 42.0 Å². The van der Waals surface area contributed by atoms with Gasteiger partial charge in [-0.3, -0.25) is 14.5 Å². The van der Waals surface area contributed by atoms with Gasteiger partial charge in [0.1, 0.15) is 17.7 Å². The number of nitrogens with zero attached hydrogens (tertiary/aromatic N) is 2. The molecule has 1 aromatic rings. The highest BCUT2D eigenvalue weighted by molar-refractivity contribution is 5.93. The third-order valence-electron chi connectivity index (χ3n) is 7.15. The predicted octanol–water partition coefficient (Wildman–Crippen LogP) is 5.24. The predicted molar refractivity (Wildman–Crippen MR) is 161 cm³/mol. The first-order chi connectivity index (χ1) is 18.5. The minimum Gasteiger partial charge on any atom is -0.478 e. The van der Waals surface area contributed by atoms with Crippen LogP contribution in [0.3, 0.4) is 0 Å². The summed E-state index contributed by atoms with van der Waals surface area (Å²) in [4.78, 5) is 55.7. The second kappa shape index (κ2) is 13.5. The van der Waals surface area contributed by atoms with Gasteiger partial charge < -0.3 is 20.1 Å². The smallest absolute Gasteiger partial charge is 0.410 e. The maximum absolute atomic E-state index is 14.2. The van der Waals surface area contributed by atoms with Crippen molar-refractivity contribution in [3.8, 4) is 0 Å². The van der Waals surface area contributed by atoms with Crippen LogP contribution in [0, 0.1) is 11.3 Å². The first-order valence-electron chi connectivity index (χ1n) is 14.0. The lowest BCUT2D eigenvalue weighted by Crippen LogP contribution is -2.63. The number of carboxylic acid groups (broad SMARTS) is 1. The maximum Gasteiger partial charge on any atom is 0.410 e. The molecule has 1 rings (SSSR count). The number of likely N-dealkylation sites (N-methyl/N-ethyl adjacent to an activating group) is 2. The van der Waals surface area contributed by atoms with E-state index >= 15 is 0 Å². The molecule has 9 heteroatoms. The van der Waals surface area contributed by atoms with Gasteiger partial charge in [-0.25, -0.2) is 9.59 Å². The number of carboxylic acids is 1. The molecule has 0 heterocycles. The average Bonchev–Trinajstić information content (AvgIpc) is 2.83. The highest BCUT2D eigenvalue weighted by Gasteiger charge is 2.45. The molecule has 0 aliphatic rings. The number of hydrogen-bond donors (Lipinski definition) is 2. The van der Waals surface area contributed by atoms with Gasteiger partial charge in [0.2, 0.25) is 11.8 Å². The molecule has 41 heavy (non-hydrogen) atoms. The van der Waals surface area contributed by atoms with Crippen molar-refractivity contribution in [2.24, 2.45) is 11.3 Å². The molecule has 0 fully saturated rings. The lowest BCUT2D eigenvalue weighted by Gasteiger charge is -2.42. The fourth-order valence-electron chi connectivity index (χ4n) is 4.75. The minimum atomic E-state index is -1.06. The standard InChI is InChI=1S/C32H51N3O6/c1-20(2)23(19-21(3)28(38)39)34(12)27(37)24(30(4,5)6)33-26(36)25(35(13)29(40)41-31(7,8)9)32(10,11)22-17-15-14-16-18-22/h14-20,23-25H,1-13H3,(H,33,36)(H,38,39)/b21-19-/t23-,24-,25-/m1/s1. The van der Waals surface area contributed by atoms with Gasteiger partial charge in [0, 0.05) is 25.1 Å². The zero-order valence-electron chi connectivity index (χ0n) is 27.2. The minimum absolute atomic E-state index is 0.0855. The summed E-state index contributed by atoms with van der Waals surface area (Å²) in [5.41, 5.74) is -1.39. The number of carbonyl (C=O) groups excluding carboxylic acids is 3. The van der Waals surface area contributed by atoms with Gasteiger partial charge in [-0.15, -0.1) is 0 Å². The van der Waals surface area contributed by atoms with Crippen molar-refractivity contribution in [2.75, 3.05) is 14.1 Å². The normalized spacial score (nSPS) is 15.0. The van der Waals surface area contributed by atoms with E-state index in [1.54, 1.807) is 33.9 Å². The van der Waals surface area contributed by atoms with Crippen LogP contribution in [0.5, 0.6) is 0 Å². The molecule has 0 spiro atoms. The number of aliphatic carboxylic acids is 1. The number of nitrogens with one attached hydrogen (secondary N) is 1. The van der Waals surface area contributed by atoms with E-state index < -0.39 is 52.5 Å². The van der Waals surface area contributed by atoms with Crippen LogP contribution in [-0.4, -0.2) is 76.6 Å². The van der Waals surface area contributed by atoms with Crippen molar-refractivity contribution in [3.63, 3.8) is 0 Å². The van der Waals surface area contributed by atoms with E-state index in [-0.39, 0.29) is 17.4 Å². The SMILES string of the molecule is C/C(=C/[C@H](C(C)C)N(C)C(=O)[C@@H](NC(=O)[C@@H](N(C)C(=O)OC(C)(C)C)C(C)(C)c1ccccc1)C(C)(C)C)C(=O)O. The summed E-state index contributed by atoms with van der Waals surface area (Å²) < 4.78 is 5.61. The molecule has 0 aliphatic heterocycles. The Bertz CT molecular complexity index is 1110. The van der Waals surface area contributed by atoms with Gasteiger partial charge >= 0.3 is 12.1 Å². The van der Waals surface area contributed by atoms with Gasteiger partial charge in [-0.05, 0) is 44.6 Å². The van der Waals surface area contributed by atoms with Crippen molar-refractivity contribution < 1.29 is 29.0 Å². The highest BCUT2D eigenvalue weighted by Crippen LogP contribution is 2.32. The van der Waals surface area contributed by atoms with E-state index in [9.17, 15) is 24.3 Å². The fraction of sp³-hybridized carbons (Fsp3) is 0.625. The van der Waals surface area contributed by atoms with E-state index in [0.717, 1.165) is 5.56 Å². The number of benzene rings is 1. The molecule has 2 N–H and O–H groups in total. The summed E-state index contributed by atoms with van der Waals surface area (Å²) >= 11 is 0. The average molecular weight is 574 g/mol. The molecule has 0 saturated heterocycles. The Morgan fingerprint density at radius 3 is 1.83 bits per heavy atom. The molecule has 0 aromatic heterocycles. The van der Waals surface area contributed by atoms with Crippen LogP contribution in [0.2, 0.25) is 0 Å². The van der Waals surface area contributed by atoms with Gasteiger partial charge in [0.15, 0.2) is 0 Å². The maximum atomic E-state index is 14.2. The monoisotopic (exact) mass is 573 g/mol. The first kappa shape index (κ1) is 35.7. The Morgan fingerprint density at radius 1 is 0.902 bits per heavy atom. The molecule has 9 nitrogen and oxygen atoms in total. The molecule has 230 valence electrons. The topological polar surface area (TPSA) is 116 Å². The number of rotatable bonds is 10. The Labute approximate surface area is 246 Å². The summed E-state index contributed by atoms with van der Waals surface area (Å²) in [7, 11) is 3.14. The number of ether oxygens (including phenoxy) is 1. The lowest BCUT2D eigenvalue weighted by molar-refractivity contribution is -0.142. The van der Waals surface area contributed by atoms with Gasteiger partial charge in [0.25, 0.3) is 0 Å². The number of hydrogen-bond acceptors (Lipinski definition) is 5. The summed E-state index contributed by atoms with van der Waals surface area (Å²) in [6.45, 7) is 19.9. The molecule has 0 bridgehead atoms. The Morgan fingerprint density at radius 2 is 1.41 bits per heavy atom. The van der Waals surface area contributed by atoms with Crippen molar-refractivity contribution in [3.05, 3.63) is 47.5 Å². The zero-order valence-corrected chi connectivity index (χ0v) is 27.2. The van der Waals surface area contributed by atoms with Crippen LogP contribution >= 0.6 is 0 Å². The van der Waals surface area contributed by atoms with Crippen LogP contribution in [-0.2, 0) is 24.5 Å². The van der Waals surface area contributed by atoms with Crippen LogP contribution < -0.4 is 5.32 Å². The summed E-state index contributed by atoms with van der Waals surface area (Å²) in [5, 5.41) is 12.4. The van der Waals surface area contributed by atoms with E-state index in [1.807, 2.05) is 78.8 Å². The van der Waals surface area contributed by atoms with Crippen LogP contribution in [0.4, 0.5) is 4.79 Å². The van der Waals surface area contributed by atoms with Crippen LogP contribution in [0.25, 0.3) is 0 Å². The summed E-state index contributed by atoms with van der Waals surface area (Å²) in [5.74, 6) is -2.02. The third kappa shape index (κ3) is 9.61. The second-order valence-electron chi connectivity index (χ2n) is 13.7. The van der Waals surface area contributed by atoms with Crippen molar-refractivity contribution in [2.45, 2.75) is 105 Å². The van der Waals surface area contributed by atoms with E-state index in [2.05, 4.69) is 5.32 Å². The summed E-state index contributed by atoms with van der Waals surface area (Å²) in [6, 6.07) is 6.90. The van der Waals surface area contributed by atoms with Gasteiger partial charge in [-0.2, -0.15) is 0 Å². The van der Waals surface area contributed by atoms with E-state index in [1.165, 1.54) is 23.8 Å². The molecule has 1 aromatic carbocycles. The lowest BCUT2D eigenvalue weighted by atomic mass is 9.76. The molecule has 0 aliphatic carbocycles. The molecule has 3 amide bonds. The largest absolute Gasteiger partial charge is 0.478 e. The molecule has 0 saturated carbocycles.